The van der Waals surface area contributed by atoms with Gasteiger partial charge in [-0.05, 0) is 37.0 Å². The number of rotatable bonds is 5. The van der Waals surface area contributed by atoms with Crippen molar-refractivity contribution in [3.63, 3.8) is 0 Å². The van der Waals surface area contributed by atoms with E-state index in [0.717, 1.165) is 43.9 Å². The van der Waals surface area contributed by atoms with Crippen LogP contribution < -0.4 is 10.2 Å². The molecule has 7 heteroatoms. The van der Waals surface area contributed by atoms with Crippen molar-refractivity contribution in [3.05, 3.63) is 47.8 Å². The summed E-state index contributed by atoms with van der Waals surface area (Å²) in [5.74, 6) is 0.645. The molecule has 2 heterocycles. The topological polar surface area (TPSA) is 61.3 Å². The van der Waals surface area contributed by atoms with Crippen LogP contribution in [0.5, 0.6) is 0 Å². The average Bonchev–Trinajstić information content (AvgIpc) is 2.63. The second kappa shape index (κ2) is 7.53. The Kier molecular flexibility index (Phi) is 5.20. The molecule has 0 radical (unpaired) electrons. The Morgan fingerprint density at radius 2 is 2.12 bits per heavy atom. The standard InChI is InChI=1S/C17H20F2N4O/c18-14-3-4-15(19)13(6-14)8-20-16-7-17(22-11-21-16)23-5-1-2-12(9-23)10-24/h3-4,6-7,11-12,24H,1-2,5,8-10H2,(H,20,21,22)/t12-/m0/s1. The molecule has 24 heavy (non-hydrogen) atoms. The van der Waals surface area contributed by atoms with Gasteiger partial charge < -0.3 is 15.3 Å². The minimum atomic E-state index is -0.472. The molecule has 1 saturated heterocycles. The van der Waals surface area contributed by atoms with E-state index in [2.05, 4.69) is 20.2 Å². The molecule has 0 amide bonds. The van der Waals surface area contributed by atoms with Gasteiger partial charge >= 0.3 is 0 Å². The first kappa shape index (κ1) is 16.6. The third kappa shape index (κ3) is 3.97. The number of aliphatic hydroxyl groups is 1. The lowest BCUT2D eigenvalue weighted by atomic mass is 9.99. The van der Waals surface area contributed by atoms with Gasteiger partial charge in [0, 0.05) is 37.9 Å². The van der Waals surface area contributed by atoms with Gasteiger partial charge in [0.25, 0.3) is 0 Å². The molecule has 5 nitrogen and oxygen atoms in total. The van der Waals surface area contributed by atoms with Crippen molar-refractivity contribution in [2.45, 2.75) is 19.4 Å². The van der Waals surface area contributed by atoms with Gasteiger partial charge in [-0.3, -0.25) is 0 Å². The molecule has 2 N–H and O–H groups in total. The van der Waals surface area contributed by atoms with Gasteiger partial charge in [-0.25, -0.2) is 18.7 Å². The summed E-state index contributed by atoms with van der Waals surface area (Å²) in [6.07, 6.45) is 3.47. The third-order valence-corrected chi connectivity index (χ3v) is 4.22. The molecule has 0 saturated carbocycles. The first-order valence-corrected chi connectivity index (χ1v) is 8.01. The second-order valence-electron chi connectivity index (χ2n) is 5.99. The van der Waals surface area contributed by atoms with Crippen LogP contribution >= 0.6 is 0 Å². The Morgan fingerprint density at radius 3 is 2.96 bits per heavy atom. The number of halogens is 2. The highest BCUT2D eigenvalue weighted by atomic mass is 19.1. The Bertz CT molecular complexity index is 698. The summed E-state index contributed by atoms with van der Waals surface area (Å²) >= 11 is 0. The number of aliphatic hydroxyl groups excluding tert-OH is 1. The molecule has 1 fully saturated rings. The lowest BCUT2D eigenvalue weighted by Crippen LogP contribution is -2.37. The van der Waals surface area contributed by atoms with Crippen LogP contribution in [-0.4, -0.2) is 34.8 Å². The minimum absolute atomic E-state index is 0.138. The summed E-state index contributed by atoms with van der Waals surface area (Å²) in [4.78, 5) is 10.5. The fourth-order valence-corrected chi connectivity index (χ4v) is 2.90. The average molecular weight is 334 g/mol. The van der Waals surface area contributed by atoms with E-state index in [0.29, 0.717) is 5.82 Å². The third-order valence-electron chi connectivity index (χ3n) is 4.22. The Hall–Kier alpha value is -2.28. The van der Waals surface area contributed by atoms with E-state index in [-0.39, 0.29) is 24.6 Å². The number of benzene rings is 1. The van der Waals surface area contributed by atoms with Crippen LogP contribution in [0.15, 0.2) is 30.6 Å². The van der Waals surface area contributed by atoms with Crippen LogP contribution in [-0.2, 0) is 6.54 Å². The summed E-state index contributed by atoms with van der Waals surface area (Å²) in [5.41, 5.74) is 0.244. The van der Waals surface area contributed by atoms with Crippen molar-refractivity contribution in [3.8, 4) is 0 Å². The van der Waals surface area contributed by atoms with Crippen molar-refractivity contribution >= 4 is 11.6 Å². The Morgan fingerprint density at radius 1 is 1.25 bits per heavy atom. The van der Waals surface area contributed by atoms with E-state index >= 15 is 0 Å². The summed E-state index contributed by atoms with van der Waals surface area (Å²) < 4.78 is 26.9. The number of nitrogens with one attached hydrogen (secondary N) is 1. The highest BCUT2D eigenvalue weighted by Gasteiger charge is 2.20. The van der Waals surface area contributed by atoms with Gasteiger partial charge in [0.2, 0.25) is 0 Å². The van der Waals surface area contributed by atoms with Gasteiger partial charge in [0.1, 0.15) is 29.6 Å². The molecule has 0 spiro atoms. The monoisotopic (exact) mass is 334 g/mol. The molecular weight excluding hydrogens is 314 g/mol. The largest absolute Gasteiger partial charge is 0.396 e. The summed E-state index contributed by atoms with van der Waals surface area (Å²) in [7, 11) is 0. The zero-order valence-corrected chi connectivity index (χ0v) is 13.3. The van der Waals surface area contributed by atoms with E-state index in [9.17, 15) is 13.9 Å². The molecule has 128 valence electrons. The van der Waals surface area contributed by atoms with Crippen molar-refractivity contribution < 1.29 is 13.9 Å². The van der Waals surface area contributed by atoms with E-state index in [4.69, 9.17) is 0 Å². The number of aromatic nitrogens is 2. The minimum Gasteiger partial charge on any atom is -0.396 e. The van der Waals surface area contributed by atoms with Gasteiger partial charge in [-0.15, -0.1) is 0 Å². The maximum absolute atomic E-state index is 13.7. The van der Waals surface area contributed by atoms with Crippen molar-refractivity contribution in [2.24, 2.45) is 5.92 Å². The second-order valence-corrected chi connectivity index (χ2v) is 5.99. The fraction of sp³-hybridized carbons (Fsp3) is 0.412. The molecular formula is C17H20F2N4O. The number of anilines is 2. The molecule has 1 atom stereocenters. The molecule has 1 aliphatic heterocycles. The van der Waals surface area contributed by atoms with E-state index in [1.807, 2.05) is 0 Å². The van der Waals surface area contributed by atoms with Crippen LogP contribution in [0.2, 0.25) is 0 Å². The van der Waals surface area contributed by atoms with Crippen molar-refractivity contribution in [1.82, 2.24) is 9.97 Å². The zero-order chi connectivity index (χ0) is 16.9. The quantitative estimate of drug-likeness (QED) is 0.880. The SMILES string of the molecule is OC[C@H]1CCCN(c2cc(NCc3cc(F)ccc3F)ncn2)C1. The molecule has 0 unspecified atom stereocenters. The van der Waals surface area contributed by atoms with Gasteiger partial charge in [0.05, 0.1) is 0 Å². The number of nitrogens with zero attached hydrogens (tertiary/aromatic N) is 3. The summed E-state index contributed by atoms with van der Waals surface area (Å²) in [6.45, 7) is 1.95. The van der Waals surface area contributed by atoms with E-state index in [1.54, 1.807) is 6.07 Å². The van der Waals surface area contributed by atoms with Gasteiger partial charge in [-0.1, -0.05) is 0 Å². The molecule has 2 aromatic rings. The van der Waals surface area contributed by atoms with Crippen LogP contribution in [0.3, 0.4) is 0 Å². The Labute approximate surface area is 139 Å². The Balaban J connectivity index is 1.68. The predicted molar refractivity (Wildman–Crippen MR) is 87.7 cm³/mol. The zero-order valence-electron chi connectivity index (χ0n) is 13.3. The van der Waals surface area contributed by atoms with Crippen LogP contribution in [0, 0.1) is 17.6 Å². The molecule has 1 aromatic heterocycles. The number of piperidine rings is 1. The highest BCUT2D eigenvalue weighted by molar-refractivity contribution is 5.49. The summed E-state index contributed by atoms with van der Waals surface area (Å²) in [5, 5.41) is 12.3. The van der Waals surface area contributed by atoms with E-state index < -0.39 is 11.6 Å². The highest BCUT2D eigenvalue weighted by Crippen LogP contribution is 2.22. The summed E-state index contributed by atoms with van der Waals surface area (Å²) in [6, 6.07) is 5.16. The molecule has 0 aliphatic carbocycles. The van der Waals surface area contributed by atoms with Crippen LogP contribution in [0.1, 0.15) is 18.4 Å². The first-order valence-electron chi connectivity index (χ1n) is 8.01. The lowest BCUT2D eigenvalue weighted by molar-refractivity contribution is 0.208. The van der Waals surface area contributed by atoms with Crippen LogP contribution in [0.25, 0.3) is 0 Å². The van der Waals surface area contributed by atoms with Gasteiger partial charge in [0.15, 0.2) is 0 Å². The van der Waals surface area contributed by atoms with Crippen molar-refractivity contribution in [1.29, 1.82) is 0 Å². The fourth-order valence-electron chi connectivity index (χ4n) is 2.90. The first-order chi connectivity index (χ1) is 11.7. The maximum atomic E-state index is 13.7. The van der Waals surface area contributed by atoms with Crippen molar-refractivity contribution in [2.75, 3.05) is 29.9 Å². The molecule has 0 bridgehead atoms. The maximum Gasteiger partial charge on any atom is 0.134 e. The normalized spacial score (nSPS) is 17.8. The lowest BCUT2D eigenvalue weighted by Gasteiger charge is -2.32. The van der Waals surface area contributed by atoms with E-state index in [1.165, 1.54) is 12.4 Å². The van der Waals surface area contributed by atoms with Gasteiger partial charge in [-0.2, -0.15) is 0 Å². The molecule has 3 rings (SSSR count). The number of hydrogen-bond acceptors (Lipinski definition) is 5. The predicted octanol–water partition coefficient (Wildman–Crippen LogP) is 2.58. The molecule has 1 aromatic carbocycles. The molecule has 1 aliphatic rings. The van der Waals surface area contributed by atoms with Crippen LogP contribution in [0.4, 0.5) is 20.4 Å². The number of hydrogen-bond donors (Lipinski definition) is 2. The smallest absolute Gasteiger partial charge is 0.134 e.